The third kappa shape index (κ3) is 1.88. The zero-order valence-electron chi connectivity index (χ0n) is 6.71. The summed E-state index contributed by atoms with van der Waals surface area (Å²) in [4.78, 5) is 10.4. The quantitative estimate of drug-likeness (QED) is 0.469. The molecule has 0 aromatic rings. The van der Waals surface area contributed by atoms with Crippen molar-refractivity contribution in [2.24, 2.45) is 0 Å². The lowest BCUT2D eigenvalue weighted by molar-refractivity contribution is -0.158. The smallest absolute Gasteiger partial charge is 0.335 e. The molecule has 0 heterocycles. The molecule has 5 nitrogen and oxygen atoms in total. The largest absolute Gasteiger partial charge is 0.508 e. The number of hydrogen-bond acceptors (Lipinski definition) is 4. The summed E-state index contributed by atoms with van der Waals surface area (Å²) < 4.78 is 0. The molecule has 0 spiro atoms. The number of rotatable bonds is 2. The number of aliphatic carboxylic acids is 1. The molecule has 4 N–H and O–H groups in total. The number of aliphatic hydroxyl groups is 3. The molecule has 2 atom stereocenters. The van der Waals surface area contributed by atoms with Gasteiger partial charge in [-0.15, -0.1) is 0 Å². The zero-order chi connectivity index (χ0) is 10.1. The van der Waals surface area contributed by atoms with E-state index in [1.165, 1.54) is 6.08 Å². The van der Waals surface area contributed by atoms with Crippen molar-refractivity contribution in [3.05, 3.63) is 24.0 Å². The molecule has 0 saturated carbocycles. The first-order chi connectivity index (χ1) is 5.96. The van der Waals surface area contributed by atoms with Gasteiger partial charge >= 0.3 is 5.97 Å². The van der Waals surface area contributed by atoms with Gasteiger partial charge in [0.25, 0.3) is 0 Å². The Balaban J connectivity index is 2.81. The molecule has 0 aromatic carbocycles. The zero-order valence-corrected chi connectivity index (χ0v) is 6.71. The maximum absolute atomic E-state index is 10.4. The van der Waals surface area contributed by atoms with Gasteiger partial charge < -0.3 is 20.4 Å². The van der Waals surface area contributed by atoms with Crippen LogP contribution in [0.2, 0.25) is 0 Å². The SMILES string of the molecule is O=C(O)C(O)C1(O)C=CC(O)=CC1. The van der Waals surface area contributed by atoms with Crippen LogP contribution in [-0.4, -0.2) is 38.1 Å². The van der Waals surface area contributed by atoms with Gasteiger partial charge in [-0.1, -0.05) is 0 Å². The lowest BCUT2D eigenvalue weighted by Gasteiger charge is -2.27. The first-order valence-electron chi connectivity index (χ1n) is 3.67. The lowest BCUT2D eigenvalue weighted by Crippen LogP contribution is -2.46. The van der Waals surface area contributed by atoms with Crippen LogP contribution in [0.4, 0.5) is 0 Å². The molecule has 0 aromatic heterocycles. The predicted octanol–water partition coefficient (Wildman–Crippen LogP) is -0.435. The lowest BCUT2D eigenvalue weighted by atomic mass is 9.89. The topological polar surface area (TPSA) is 98.0 Å². The molecule has 0 amide bonds. The number of hydrogen-bond donors (Lipinski definition) is 4. The minimum Gasteiger partial charge on any atom is -0.508 e. The molecule has 1 aliphatic rings. The highest BCUT2D eigenvalue weighted by molar-refractivity contribution is 5.74. The first kappa shape index (κ1) is 9.76. The number of carbonyl (C=O) groups is 1. The van der Waals surface area contributed by atoms with E-state index in [2.05, 4.69) is 0 Å². The van der Waals surface area contributed by atoms with Crippen molar-refractivity contribution in [1.82, 2.24) is 0 Å². The fourth-order valence-electron chi connectivity index (χ4n) is 1.05. The molecule has 0 saturated heterocycles. The Morgan fingerprint density at radius 1 is 1.62 bits per heavy atom. The van der Waals surface area contributed by atoms with E-state index in [-0.39, 0.29) is 12.2 Å². The number of aliphatic hydroxyl groups excluding tert-OH is 2. The summed E-state index contributed by atoms with van der Waals surface area (Å²) in [5.41, 5.74) is -1.82. The number of carboxylic acid groups (broad SMARTS) is 1. The van der Waals surface area contributed by atoms with E-state index in [0.29, 0.717) is 0 Å². The third-order valence-corrected chi connectivity index (χ3v) is 1.89. The van der Waals surface area contributed by atoms with Crippen molar-refractivity contribution in [2.75, 3.05) is 0 Å². The highest BCUT2D eigenvalue weighted by atomic mass is 16.4. The van der Waals surface area contributed by atoms with Gasteiger partial charge in [0, 0.05) is 6.42 Å². The highest BCUT2D eigenvalue weighted by Gasteiger charge is 2.38. The maximum Gasteiger partial charge on any atom is 0.335 e. The Kier molecular flexibility index (Phi) is 2.40. The molecule has 0 fully saturated rings. The fraction of sp³-hybridized carbons (Fsp3) is 0.375. The van der Waals surface area contributed by atoms with Crippen LogP contribution in [0.25, 0.3) is 0 Å². The van der Waals surface area contributed by atoms with Gasteiger partial charge in [0.15, 0.2) is 6.10 Å². The van der Waals surface area contributed by atoms with Crippen molar-refractivity contribution in [1.29, 1.82) is 0 Å². The molecule has 0 radical (unpaired) electrons. The molecule has 72 valence electrons. The Hall–Kier alpha value is -1.33. The third-order valence-electron chi connectivity index (χ3n) is 1.89. The van der Waals surface area contributed by atoms with Crippen molar-refractivity contribution >= 4 is 5.97 Å². The Morgan fingerprint density at radius 2 is 2.23 bits per heavy atom. The number of carboxylic acids is 1. The number of allylic oxidation sites excluding steroid dienone is 1. The summed E-state index contributed by atoms with van der Waals surface area (Å²) in [7, 11) is 0. The van der Waals surface area contributed by atoms with E-state index >= 15 is 0 Å². The standard InChI is InChI=1S/C8H10O5/c9-5-1-3-8(13,4-2-5)6(10)7(11)12/h1-3,6,9-10,13H,4H2,(H,11,12). The van der Waals surface area contributed by atoms with Crippen molar-refractivity contribution < 1.29 is 25.2 Å². The Morgan fingerprint density at radius 3 is 2.62 bits per heavy atom. The summed E-state index contributed by atoms with van der Waals surface area (Å²) in [5, 5.41) is 36.0. The van der Waals surface area contributed by atoms with Crippen LogP contribution in [0.3, 0.4) is 0 Å². The van der Waals surface area contributed by atoms with Gasteiger partial charge in [-0.2, -0.15) is 0 Å². The summed E-state index contributed by atoms with van der Waals surface area (Å²) in [6.45, 7) is 0. The maximum atomic E-state index is 10.4. The fourth-order valence-corrected chi connectivity index (χ4v) is 1.05. The van der Waals surface area contributed by atoms with Crippen LogP contribution < -0.4 is 0 Å². The first-order valence-corrected chi connectivity index (χ1v) is 3.67. The van der Waals surface area contributed by atoms with Gasteiger partial charge in [0.05, 0.1) is 0 Å². The normalized spacial score (nSPS) is 29.5. The summed E-state index contributed by atoms with van der Waals surface area (Å²) in [6.07, 6.45) is 1.46. The molecule has 0 bridgehead atoms. The van der Waals surface area contributed by atoms with Gasteiger partial charge in [0.1, 0.15) is 11.4 Å². The Labute approximate surface area is 74.2 Å². The average molecular weight is 186 g/mol. The van der Waals surface area contributed by atoms with Gasteiger partial charge in [-0.25, -0.2) is 4.79 Å². The van der Waals surface area contributed by atoms with E-state index in [9.17, 15) is 9.90 Å². The average Bonchev–Trinajstić information content (AvgIpc) is 2.09. The van der Waals surface area contributed by atoms with E-state index in [1.807, 2.05) is 0 Å². The minimum absolute atomic E-state index is 0.0535. The summed E-state index contributed by atoms with van der Waals surface area (Å²) in [6, 6.07) is 0. The van der Waals surface area contributed by atoms with Crippen molar-refractivity contribution in [3.8, 4) is 0 Å². The van der Waals surface area contributed by atoms with Crippen molar-refractivity contribution in [2.45, 2.75) is 18.1 Å². The molecule has 1 rings (SSSR count). The van der Waals surface area contributed by atoms with E-state index in [4.69, 9.17) is 15.3 Å². The van der Waals surface area contributed by atoms with Gasteiger partial charge in [-0.3, -0.25) is 0 Å². The van der Waals surface area contributed by atoms with Crippen LogP contribution in [-0.2, 0) is 4.79 Å². The van der Waals surface area contributed by atoms with E-state index < -0.39 is 17.7 Å². The van der Waals surface area contributed by atoms with E-state index in [0.717, 1.165) is 12.2 Å². The van der Waals surface area contributed by atoms with Crippen molar-refractivity contribution in [3.63, 3.8) is 0 Å². The van der Waals surface area contributed by atoms with E-state index in [1.54, 1.807) is 0 Å². The molecule has 5 heteroatoms. The van der Waals surface area contributed by atoms with Gasteiger partial charge in [0.2, 0.25) is 0 Å². The van der Waals surface area contributed by atoms with Crippen LogP contribution in [0.15, 0.2) is 24.0 Å². The predicted molar refractivity (Wildman–Crippen MR) is 43.1 cm³/mol. The summed E-state index contributed by atoms with van der Waals surface area (Å²) in [5.74, 6) is -1.55. The Bertz CT molecular complexity index is 280. The second-order valence-electron chi connectivity index (χ2n) is 2.90. The second kappa shape index (κ2) is 3.20. The van der Waals surface area contributed by atoms with Crippen LogP contribution in [0, 0.1) is 0 Å². The second-order valence-corrected chi connectivity index (χ2v) is 2.90. The van der Waals surface area contributed by atoms with Crippen LogP contribution in [0.1, 0.15) is 6.42 Å². The summed E-state index contributed by atoms with van der Waals surface area (Å²) >= 11 is 0. The van der Waals surface area contributed by atoms with Crippen LogP contribution in [0.5, 0.6) is 0 Å². The molecular formula is C8H10O5. The molecular weight excluding hydrogens is 176 g/mol. The molecule has 2 unspecified atom stereocenters. The van der Waals surface area contributed by atoms with Gasteiger partial charge in [-0.05, 0) is 18.2 Å². The highest BCUT2D eigenvalue weighted by Crippen LogP contribution is 2.23. The molecule has 0 aliphatic heterocycles. The molecule has 13 heavy (non-hydrogen) atoms. The van der Waals surface area contributed by atoms with Crippen LogP contribution >= 0.6 is 0 Å². The minimum atomic E-state index is -1.88. The molecule has 1 aliphatic carbocycles. The monoisotopic (exact) mass is 186 g/mol.